The van der Waals surface area contributed by atoms with E-state index in [-0.39, 0.29) is 11.9 Å². The fourth-order valence-electron chi connectivity index (χ4n) is 1.71. The van der Waals surface area contributed by atoms with E-state index in [0.717, 1.165) is 37.2 Å². The highest BCUT2D eigenvalue weighted by atomic mass is 19.1. The number of rotatable bonds is 7. The Morgan fingerprint density at radius 1 is 1.41 bits per heavy atom. The Balaban J connectivity index is 2.37. The molecule has 0 aliphatic carbocycles. The van der Waals surface area contributed by atoms with E-state index in [9.17, 15) is 4.39 Å². The van der Waals surface area contributed by atoms with Crippen LogP contribution in [-0.4, -0.2) is 19.2 Å². The molecule has 0 aliphatic rings. The van der Waals surface area contributed by atoms with Gasteiger partial charge in [-0.25, -0.2) is 4.39 Å². The zero-order chi connectivity index (χ0) is 12.7. The number of hydrogen-bond acceptors (Lipinski definition) is 2. The third-order valence-corrected chi connectivity index (χ3v) is 2.68. The van der Waals surface area contributed by atoms with Crippen LogP contribution in [0.1, 0.15) is 32.3 Å². The minimum Gasteiger partial charge on any atom is -0.490 e. The first-order valence-electron chi connectivity index (χ1n) is 6.27. The number of aryl methyl sites for hydroxylation is 1. The maximum Gasteiger partial charge on any atom is 0.123 e. The quantitative estimate of drug-likeness (QED) is 0.737. The van der Waals surface area contributed by atoms with Gasteiger partial charge in [-0.15, -0.1) is 0 Å². The van der Waals surface area contributed by atoms with Gasteiger partial charge in [0.1, 0.15) is 11.6 Å². The Morgan fingerprint density at radius 2 is 2.18 bits per heavy atom. The molecule has 0 fully saturated rings. The van der Waals surface area contributed by atoms with Gasteiger partial charge in [-0.3, -0.25) is 0 Å². The molecule has 0 aromatic heterocycles. The number of halogens is 1. The molecule has 1 aromatic rings. The van der Waals surface area contributed by atoms with Crippen LogP contribution in [0, 0.1) is 12.7 Å². The molecule has 1 aromatic carbocycles. The van der Waals surface area contributed by atoms with E-state index < -0.39 is 0 Å². The third kappa shape index (κ3) is 5.18. The van der Waals surface area contributed by atoms with Gasteiger partial charge in [-0.2, -0.15) is 0 Å². The SMILES string of the molecule is CCNCCCC(C)Oc1ccc(F)cc1C. The van der Waals surface area contributed by atoms with Gasteiger partial charge in [-0.05, 0) is 63.5 Å². The third-order valence-electron chi connectivity index (χ3n) is 2.68. The molecule has 0 saturated heterocycles. The van der Waals surface area contributed by atoms with Gasteiger partial charge >= 0.3 is 0 Å². The summed E-state index contributed by atoms with van der Waals surface area (Å²) in [4.78, 5) is 0. The van der Waals surface area contributed by atoms with Crippen molar-refractivity contribution in [3.63, 3.8) is 0 Å². The minimum absolute atomic E-state index is 0.165. The molecule has 0 bridgehead atoms. The van der Waals surface area contributed by atoms with Crippen LogP contribution in [0.15, 0.2) is 18.2 Å². The number of nitrogens with one attached hydrogen (secondary N) is 1. The second-order valence-electron chi connectivity index (χ2n) is 4.33. The fraction of sp³-hybridized carbons (Fsp3) is 0.571. The van der Waals surface area contributed by atoms with Crippen LogP contribution in [0.4, 0.5) is 4.39 Å². The smallest absolute Gasteiger partial charge is 0.123 e. The summed E-state index contributed by atoms with van der Waals surface area (Å²) in [7, 11) is 0. The van der Waals surface area contributed by atoms with E-state index in [4.69, 9.17) is 4.74 Å². The molecule has 1 atom stereocenters. The largest absolute Gasteiger partial charge is 0.490 e. The molecule has 1 N–H and O–H groups in total. The minimum atomic E-state index is -0.213. The molecule has 2 nitrogen and oxygen atoms in total. The molecule has 1 unspecified atom stereocenters. The van der Waals surface area contributed by atoms with Crippen LogP contribution in [0.2, 0.25) is 0 Å². The number of ether oxygens (including phenoxy) is 1. The van der Waals surface area contributed by atoms with E-state index in [1.165, 1.54) is 12.1 Å². The average molecular weight is 239 g/mol. The second-order valence-corrected chi connectivity index (χ2v) is 4.33. The molecule has 0 radical (unpaired) electrons. The summed E-state index contributed by atoms with van der Waals surface area (Å²) in [6.07, 6.45) is 2.26. The highest BCUT2D eigenvalue weighted by Gasteiger charge is 2.06. The van der Waals surface area contributed by atoms with Crippen LogP contribution in [0.25, 0.3) is 0 Å². The van der Waals surface area contributed by atoms with Crippen molar-refractivity contribution in [1.29, 1.82) is 0 Å². The van der Waals surface area contributed by atoms with Gasteiger partial charge in [0.15, 0.2) is 0 Å². The van der Waals surface area contributed by atoms with Crippen molar-refractivity contribution in [2.24, 2.45) is 0 Å². The summed E-state index contributed by atoms with van der Waals surface area (Å²) in [6.45, 7) is 8.04. The normalized spacial score (nSPS) is 12.5. The van der Waals surface area contributed by atoms with Crippen LogP contribution in [0.5, 0.6) is 5.75 Å². The van der Waals surface area contributed by atoms with Gasteiger partial charge in [0, 0.05) is 0 Å². The molecule has 0 heterocycles. The van der Waals surface area contributed by atoms with Crippen molar-refractivity contribution in [3.8, 4) is 5.75 Å². The molecule has 0 aliphatic heterocycles. The summed E-state index contributed by atoms with van der Waals surface area (Å²) < 4.78 is 18.7. The van der Waals surface area contributed by atoms with Crippen molar-refractivity contribution in [2.75, 3.05) is 13.1 Å². The summed E-state index contributed by atoms with van der Waals surface area (Å²) >= 11 is 0. The first-order valence-corrected chi connectivity index (χ1v) is 6.27. The van der Waals surface area contributed by atoms with Crippen LogP contribution in [0.3, 0.4) is 0 Å². The zero-order valence-electron chi connectivity index (χ0n) is 10.9. The van der Waals surface area contributed by atoms with Crippen LogP contribution in [-0.2, 0) is 0 Å². The fourth-order valence-corrected chi connectivity index (χ4v) is 1.71. The second kappa shape index (κ2) is 7.28. The lowest BCUT2D eigenvalue weighted by Crippen LogP contribution is -2.18. The van der Waals surface area contributed by atoms with Gasteiger partial charge in [0.25, 0.3) is 0 Å². The molecular formula is C14H22FNO. The van der Waals surface area contributed by atoms with Crippen molar-refractivity contribution < 1.29 is 9.13 Å². The molecule has 0 saturated carbocycles. The molecule has 0 amide bonds. The van der Waals surface area contributed by atoms with Gasteiger partial charge < -0.3 is 10.1 Å². The Kier molecular flexibility index (Phi) is 5.98. The topological polar surface area (TPSA) is 21.3 Å². The highest BCUT2D eigenvalue weighted by molar-refractivity contribution is 5.32. The summed E-state index contributed by atoms with van der Waals surface area (Å²) in [6, 6.07) is 4.64. The van der Waals surface area contributed by atoms with Gasteiger partial charge in [0.05, 0.1) is 6.10 Å². The Hall–Kier alpha value is -1.09. The zero-order valence-corrected chi connectivity index (χ0v) is 10.9. The van der Waals surface area contributed by atoms with E-state index in [0.29, 0.717) is 0 Å². The predicted octanol–water partition coefficient (Wildman–Crippen LogP) is 3.29. The van der Waals surface area contributed by atoms with Crippen LogP contribution >= 0.6 is 0 Å². The molecule has 3 heteroatoms. The Bertz CT molecular complexity index is 341. The van der Waals surface area contributed by atoms with Crippen LogP contribution < -0.4 is 10.1 Å². The van der Waals surface area contributed by atoms with Crippen molar-refractivity contribution >= 4 is 0 Å². The maximum absolute atomic E-state index is 12.9. The van der Waals surface area contributed by atoms with Crippen molar-refractivity contribution in [2.45, 2.75) is 39.7 Å². The lowest BCUT2D eigenvalue weighted by Gasteiger charge is -2.16. The highest BCUT2D eigenvalue weighted by Crippen LogP contribution is 2.20. The van der Waals surface area contributed by atoms with E-state index in [1.54, 1.807) is 6.07 Å². The van der Waals surface area contributed by atoms with E-state index in [2.05, 4.69) is 19.2 Å². The Morgan fingerprint density at radius 3 is 2.82 bits per heavy atom. The summed E-state index contributed by atoms with van der Waals surface area (Å²) in [5.41, 5.74) is 0.850. The predicted molar refractivity (Wildman–Crippen MR) is 69.0 cm³/mol. The lowest BCUT2D eigenvalue weighted by molar-refractivity contribution is 0.206. The molecular weight excluding hydrogens is 217 g/mol. The maximum atomic E-state index is 12.9. The molecule has 17 heavy (non-hydrogen) atoms. The van der Waals surface area contributed by atoms with E-state index in [1.807, 2.05) is 6.92 Å². The molecule has 1 rings (SSSR count). The van der Waals surface area contributed by atoms with Crippen molar-refractivity contribution in [3.05, 3.63) is 29.6 Å². The van der Waals surface area contributed by atoms with Gasteiger partial charge in [0.2, 0.25) is 0 Å². The summed E-state index contributed by atoms with van der Waals surface area (Å²) in [5.74, 6) is 0.567. The standard InChI is InChI=1S/C14H22FNO/c1-4-16-9-5-6-12(3)17-14-8-7-13(15)10-11(14)2/h7-8,10,12,16H,4-6,9H2,1-3H3. The molecule has 96 valence electrons. The van der Waals surface area contributed by atoms with Gasteiger partial charge in [-0.1, -0.05) is 6.92 Å². The monoisotopic (exact) mass is 239 g/mol. The number of hydrogen-bond donors (Lipinski definition) is 1. The number of benzene rings is 1. The first-order chi connectivity index (χ1) is 8.13. The Labute approximate surface area is 103 Å². The average Bonchev–Trinajstić information content (AvgIpc) is 2.28. The first kappa shape index (κ1) is 14.0. The van der Waals surface area contributed by atoms with E-state index >= 15 is 0 Å². The van der Waals surface area contributed by atoms with Crippen molar-refractivity contribution in [1.82, 2.24) is 5.32 Å². The molecule has 0 spiro atoms. The lowest BCUT2D eigenvalue weighted by atomic mass is 10.2. The summed E-state index contributed by atoms with van der Waals surface area (Å²) in [5, 5.41) is 3.28.